The molecular formula is C13H9ClN2OS. The van der Waals surface area contributed by atoms with Gasteiger partial charge in [-0.3, -0.25) is 4.79 Å². The topological polar surface area (TPSA) is 32.7 Å². The summed E-state index contributed by atoms with van der Waals surface area (Å²) in [7, 11) is 0. The van der Waals surface area contributed by atoms with Crippen LogP contribution in [0.1, 0.15) is 11.3 Å². The lowest BCUT2D eigenvalue weighted by Crippen LogP contribution is -2.19. The maximum Gasteiger partial charge on any atom is 0.253 e. The number of thiophene rings is 1. The summed E-state index contributed by atoms with van der Waals surface area (Å²) in [6, 6.07) is 11.1. The summed E-state index contributed by atoms with van der Waals surface area (Å²) >= 11 is 7.66. The van der Waals surface area contributed by atoms with Crippen LogP contribution in [-0.4, -0.2) is 11.6 Å². The van der Waals surface area contributed by atoms with Crippen LogP contribution < -0.4 is 5.01 Å². The van der Waals surface area contributed by atoms with Crippen molar-refractivity contribution in [3.8, 4) is 0 Å². The van der Waals surface area contributed by atoms with Crippen molar-refractivity contribution < 1.29 is 4.79 Å². The van der Waals surface area contributed by atoms with E-state index in [0.29, 0.717) is 17.1 Å². The molecular weight excluding hydrogens is 268 g/mol. The number of nitrogens with zero attached hydrogens (tertiary/aromatic N) is 2. The number of carbonyl (C=O) groups excluding carboxylic acids is 1. The number of rotatable bonds is 2. The lowest BCUT2D eigenvalue weighted by molar-refractivity contribution is -0.116. The Balaban J connectivity index is 1.99. The Hall–Kier alpha value is -1.65. The van der Waals surface area contributed by atoms with Crippen molar-refractivity contribution >= 4 is 40.2 Å². The van der Waals surface area contributed by atoms with Gasteiger partial charge in [-0.2, -0.15) is 10.1 Å². The van der Waals surface area contributed by atoms with Gasteiger partial charge in [-0.25, -0.2) is 0 Å². The summed E-state index contributed by atoms with van der Waals surface area (Å²) in [4.78, 5) is 13.0. The molecule has 1 aliphatic rings. The highest BCUT2D eigenvalue weighted by Crippen LogP contribution is 2.30. The van der Waals surface area contributed by atoms with Gasteiger partial charge in [0.15, 0.2) is 0 Å². The van der Waals surface area contributed by atoms with Gasteiger partial charge in [0.25, 0.3) is 5.91 Å². The molecule has 3 nitrogen and oxygen atoms in total. The highest BCUT2D eigenvalue weighted by molar-refractivity contribution is 7.12. The van der Waals surface area contributed by atoms with E-state index in [4.69, 9.17) is 11.6 Å². The van der Waals surface area contributed by atoms with Gasteiger partial charge in [0.1, 0.15) is 0 Å². The smallest absolute Gasteiger partial charge is 0.253 e. The lowest BCUT2D eigenvalue weighted by Gasteiger charge is -2.12. The fourth-order valence-corrected chi connectivity index (χ4v) is 2.75. The Kier molecular flexibility index (Phi) is 2.89. The number of hydrazone groups is 1. The molecule has 0 saturated carbocycles. The zero-order valence-electron chi connectivity index (χ0n) is 9.34. The van der Waals surface area contributed by atoms with Crippen LogP contribution in [0.15, 0.2) is 46.9 Å². The average Bonchev–Trinajstić information content (AvgIpc) is 2.99. The van der Waals surface area contributed by atoms with Crippen LogP contribution >= 0.6 is 22.9 Å². The number of hydrogen-bond donors (Lipinski definition) is 0. The van der Waals surface area contributed by atoms with E-state index in [1.165, 1.54) is 5.01 Å². The Morgan fingerprint density at radius 2 is 2.06 bits per heavy atom. The molecule has 0 aliphatic carbocycles. The molecule has 0 unspecified atom stereocenters. The molecule has 2 aromatic rings. The first kappa shape index (κ1) is 11.4. The minimum atomic E-state index is -0.0495. The number of benzene rings is 1. The predicted molar refractivity (Wildman–Crippen MR) is 74.4 cm³/mol. The SMILES string of the molecule is O=C1CC(c2cccs2)=NN1c1ccccc1Cl. The van der Waals surface area contributed by atoms with Crippen LogP contribution in [0, 0.1) is 0 Å². The molecule has 3 rings (SSSR count). The highest BCUT2D eigenvalue weighted by atomic mass is 35.5. The molecule has 2 heterocycles. The monoisotopic (exact) mass is 276 g/mol. The van der Waals surface area contributed by atoms with Crippen molar-refractivity contribution in [3.05, 3.63) is 51.7 Å². The average molecular weight is 277 g/mol. The van der Waals surface area contributed by atoms with E-state index < -0.39 is 0 Å². The van der Waals surface area contributed by atoms with Gasteiger partial charge in [0, 0.05) is 0 Å². The third-order valence-electron chi connectivity index (χ3n) is 2.66. The second-order valence-electron chi connectivity index (χ2n) is 3.86. The van der Waals surface area contributed by atoms with Gasteiger partial charge < -0.3 is 0 Å². The third-order valence-corrected chi connectivity index (χ3v) is 3.90. The van der Waals surface area contributed by atoms with Crippen molar-refractivity contribution in [2.24, 2.45) is 5.10 Å². The van der Waals surface area contributed by atoms with Crippen LogP contribution in [0.3, 0.4) is 0 Å². The summed E-state index contributed by atoms with van der Waals surface area (Å²) in [5.41, 5.74) is 1.44. The molecule has 0 spiro atoms. The number of para-hydroxylation sites is 1. The summed E-state index contributed by atoms with van der Waals surface area (Å²) < 4.78 is 0. The zero-order valence-corrected chi connectivity index (χ0v) is 10.9. The Morgan fingerprint density at radius 1 is 1.22 bits per heavy atom. The van der Waals surface area contributed by atoms with Crippen molar-refractivity contribution in [2.45, 2.75) is 6.42 Å². The van der Waals surface area contributed by atoms with Crippen LogP contribution in [0.4, 0.5) is 5.69 Å². The maximum absolute atomic E-state index is 12.0. The molecule has 90 valence electrons. The Labute approximate surface area is 113 Å². The first-order chi connectivity index (χ1) is 8.75. The summed E-state index contributed by atoms with van der Waals surface area (Å²) in [6.45, 7) is 0. The van der Waals surface area contributed by atoms with Crippen LogP contribution in [0.5, 0.6) is 0 Å². The molecule has 18 heavy (non-hydrogen) atoms. The van der Waals surface area contributed by atoms with Crippen molar-refractivity contribution in [3.63, 3.8) is 0 Å². The van der Waals surface area contributed by atoms with E-state index >= 15 is 0 Å². The zero-order chi connectivity index (χ0) is 12.5. The van der Waals surface area contributed by atoms with Crippen molar-refractivity contribution in [1.82, 2.24) is 0 Å². The molecule has 1 aromatic heterocycles. The summed E-state index contributed by atoms with van der Waals surface area (Å²) in [5.74, 6) is -0.0495. The first-order valence-electron chi connectivity index (χ1n) is 5.44. The van der Waals surface area contributed by atoms with Crippen molar-refractivity contribution in [2.75, 3.05) is 5.01 Å². The molecule has 5 heteroatoms. The number of halogens is 1. The molecule has 1 amide bonds. The van der Waals surface area contributed by atoms with Gasteiger partial charge in [-0.1, -0.05) is 29.8 Å². The fourth-order valence-electron chi connectivity index (χ4n) is 1.82. The van der Waals surface area contributed by atoms with Gasteiger partial charge >= 0.3 is 0 Å². The predicted octanol–water partition coefficient (Wildman–Crippen LogP) is 3.54. The number of carbonyl (C=O) groups is 1. The van der Waals surface area contributed by atoms with E-state index in [-0.39, 0.29) is 5.91 Å². The number of amides is 1. The van der Waals surface area contributed by atoms with E-state index in [1.807, 2.05) is 29.6 Å². The van der Waals surface area contributed by atoms with Gasteiger partial charge in [0.2, 0.25) is 0 Å². The van der Waals surface area contributed by atoms with Gasteiger partial charge in [-0.05, 0) is 23.6 Å². The molecule has 0 fully saturated rings. The molecule has 0 atom stereocenters. The minimum Gasteiger partial charge on any atom is -0.272 e. The van der Waals surface area contributed by atoms with Crippen LogP contribution in [-0.2, 0) is 4.79 Å². The van der Waals surface area contributed by atoms with E-state index in [0.717, 1.165) is 10.6 Å². The normalized spacial score (nSPS) is 15.1. The molecule has 1 aromatic carbocycles. The second-order valence-corrected chi connectivity index (χ2v) is 5.21. The second kappa shape index (κ2) is 4.55. The molecule has 0 saturated heterocycles. The quantitative estimate of drug-likeness (QED) is 0.826. The maximum atomic E-state index is 12.0. The third kappa shape index (κ3) is 1.94. The lowest BCUT2D eigenvalue weighted by atomic mass is 10.2. The Morgan fingerprint density at radius 3 is 2.78 bits per heavy atom. The summed E-state index contributed by atoms with van der Waals surface area (Å²) in [6.07, 6.45) is 0.325. The molecule has 1 aliphatic heterocycles. The minimum absolute atomic E-state index is 0.0495. The van der Waals surface area contributed by atoms with E-state index in [2.05, 4.69) is 5.10 Å². The molecule has 0 radical (unpaired) electrons. The van der Waals surface area contributed by atoms with E-state index in [1.54, 1.807) is 23.5 Å². The van der Waals surface area contributed by atoms with Crippen LogP contribution in [0.25, 0.3) is 0 Å². The van der Waals surface area contributed by atoms with Crippen molar-refractivity contribution in [1.29, 1.82) is 0 Å². The highest BCUT2D eigenvalue weighted by Gasteiger charge is 2.27. The fraction of sp³-hybridized carbons (Fsp3) is 0.0769. The molecule has 0 bridgehead atoms. The van der Waals surface area contributed by atoms with Gasteiger partial charge in [-0.15, -0.1) is 11.3 Å². The van der Waals surface area contributed by atoms with E-state index in [9.17, 15) is 4.79 Å². The van der Waals surface area contributed by atoms with Crippen LogP contribution in [0.2, 0.25) is 5.02 Å². The Bertz CT molecular complexity index is 622. The van der Waals surface area contributed by atoms with Gasteiger partial charge in [0.05, 0.1) is 27.7 Å². The standard InChI is InChI=1S/C13H9ClN2OS/c14-9-4-1-2-5-11(9)16-13(17)8-10(15-16)12-6-3-7-18-12/h1-7H,8H2. The molecule has 0 N–H and O–H groups in total. The summed E-state index contributed by atoms with van der Waals surface area (Å²) in [5, 5.41) is 8.26. The number of anilines is 1. The first-order valence-corrected chi connectivity index (χ1v) is 6.70. The number of hydrogen-bond acceptors (Lipinski definition) is 3. The largest absolute Gasteiger partial charge is 0.272 e.